The quantitative estimate of drug-likeness (QED) is 0.861. The third kappa shape index (κ3) is 4.44. The molecule has 1 amide bonds. The fourth-order valence-electron chi connectivity index (χ4n) is 2.34. The second-order valence-electron chi connectivity index (χ2n) is 5.19. The summed E-state index contributed by atoms with van der Waals surface area (Å²) in [5, 5.41) is 2.87. The van der Waals surface area contributed by atoms with Gasteiger partial charge in [-0.15, -0.1) is 0 Å². The van der Waals surface area contributed by atoms with Crippen molar-refractivity contribution >= 4 is 21.6 Å². The smallest absolute Gasteiger partial charge is 0.249 e. The molecule has 1 aliphatic rings. The number of para-hydroxylation sites is 1. The van der Waals surface area contributed by atoms with E-state index in [0.29, 0.717) is 17.9 Å². The number of sulfonamides is 1. The number of benzene rings is 1. The van der Waals surface area contributed by atoms with E-state index >= 15 is 0 Å². The van der Waals surface area contributed by atoms with Crippen LogP contribution in [0.5, 0.6) is 0 Å². The first kappa shape index (κ1) is 15.8. The van der Waals surface area contributed by atoms with Gasteiger partial charge in [-0.1, -0.05) is 18.2 Å². The lowest BCUT2D eigenvalue weighted by atomic mass is 10.1. The van der Waals surface area contributed by atoms with Crippen LogP contribution in [0.3, 0.4) is 0 Å². The van der Waals surface area contributed by atoms with Crippen LogP contribution in [-0.4, -0.2) is 33.3 Å². The van der Waals surface area contributed by atoms with Crippen LogP contribution in [0.1, 0.15) is 31.4 Å². The Morgan fingerprint density at radius 1 is 1.38 bits per heavy atom. The maximum absolute atomic E-state index is 12.1. The Balaban J connectivity index is 2.11. The topological polar surface area (TPSA) is 84.5 Å². The standard InChI is InChI=1S/C14H20N2O4S/c1-10(15-14(17)13-8-5-9-20-13)11-6-3-4-7-12(11)16-21(2,18)19/h3-4,6-7,10,13,16H,5,8-9H2,1-2H3,(H,15,17)/t10-,13+/m0/s1. The molecule has 1 heterocycles. The zero-order valence-electron chi connectivity index (χ0n) is 12.1. The second kappa shape index (κ2) is 6.44. The van der Waals surface area contributed by atoms with Crippen LogP contribution in [-0.2, 0) is 19.6 Å². The molecule has 0 unspecified atom stereocenters. The van der Waals surface area contributed by atoms with Crippen LogP contribution < -0.4 is 10.0 Å². The third-order valence-corrected chi connectivity index (χ3v) is 3.89. The Labute approximate surface area is 124 Å². The largest absolute Gasteiger partial charge is 0.368 e. The number of amides is 1. The molecule has 1 saturated heterocycles. The summed E-state index contributed by atoms with van der Waals surface area (Å²) in [6.07, 6.45) is 2.31. The summed E-state index contributed by atoms with van der Waals surface area (Å²) < 4.78 is 30.6. The van der Waals surface area contributed by atoms with Crippen LogP contribution in [0.15, 0.2) is 24.3 Å². The molecule has 2 rings (SSSR count). The number of nitrogens with one attached hydrogen (secondary N) is 2. The van der Waals surface area contributed by atoms with Crippen molar-refractivity contribution in [2.75, 3.05) is 17.6 Å². The van der Waals surface area contributed by atoms with E-state index in [1.165, 1.54) is 0 Å². The highest BCUT2D eigenvalue weighted by molar-refractivity contribution is 7.92. The number of rotatable bonds is 5. The van der Waals surface area contributed by atoms with E-state index in [0.717, 1.165) is 19.1 Å². The van der Waals surface area contributed by atoms with Gasteiger partial charge in [0.15, 0.2) is 0 Å². The molecule has 1 aliphatic heterocycles. The Hall–Kier alpha value is -1.60. The first-order chi connectivity index (χ1) is 9.87. The molecule has 2 N–H and O–H groups in total. The van der Waals surface area contributed by atoms with E-state index in [1.54, 1.807) is 24.3 Å². The van der Waals surface area contributed by atoms with Crippen LogP contribution in [0.2, 0.25) is 0 Å². The number of carbonyl (C=O) groups is 1. The number of hydrogen-bond acceptors (Lipinski definition) is 4. The molecule has 0 aliphatic carbocycles. The maximum atomic E-state index is 12.1. The van der Waals surface area contributed by atoms with Crippen molar-refractivity contribution in [3.8, 4) is 0 Å². The third-order valence-electron chi connectivity index (χ3n) is 3.30. The molecule has 0 radical (unpaired) electrons. The van der Waals surface area contributed by atoms with Crippen LogP contribution in [0, 0.1) is 0 Å². The molecule has 6 nitrogen and oxygen atoms in total. The van der Waals surface area contributed by atoms with Gasteiger partial charge in [-0.25, -0.2) is 8.42 Å². The second-order valence-corrected chi connectivity index (χ2v) is 6.94. The summed E-state index contributed by atoms with van der Waals surface area (Å²) in [4.78, 5) is 12.1. The summed E-state index contributed by atoms with van der Waals surface area (Å²) in [6.45, 7) is 2.42. The van der Waals surface area contributed by atoms with E-state index < -0.39 is 16.1 Å². The highest BCUT2D eigenvalue weighted by atomic mass is 32.2. The van der Waals surface area contributed by atoms with Gasteiger partial charge in [-0.2, -0.15) is 0 Å². The van der Waals surface area contributed by atoms with Crippen molar-refractivity contribution in [1.82, 2.24) is 5.32 Å². The minimum atomic E-state index is -3.36. The molecule has 1 fully saturated rings. The fourth-order valence-corrected chi connectivity index (χ4v) is 2.92. The van der Waals surface area contributed by atoms with Crippen LogP contribution in [0.25, 0.3) is 0 Å². The Morgan fingerprint density at radius 2 is 2.10 bits per heavy atom. The van der Waals surface area contributed by atoms with Crippen LogP contribution >= 0.6 is 0 Å². The Morgan fingerprint density at radius 3 is 2.71 bits per heavy atom. The van der Waals surface area contributed by atoms with Gasteiger partial charge in [0.05, 0.1) is 18.0 Å². The minimum Gasteiger partial charge on any atom is -0.368 e. The maximum Gasteiger partial charge on any atom is 0.249 e. The molecule has 1 aromatic carbocycles. The summed E-state index contributed by atoms with van der Waals surface area (Å²) >= 11 is 0. The molecule has 0 saturated carbocycles. The van der Waals surface area contributed by atoms with E-state index in [9.17, 15) is 13.2 Å². The molecule has 21 heavy (non-hydrogen) atoms. The number of carbonyl (C=O) groups excluding carboxylic acids is 1. The van der Waals surface area contributed by atoms with Crippen molar-refractivity contribution in [2.24, 2.45) is 0 Å². The summed E-state index contributed by atoms with van der Waals surface area (Å²) in [6, 6.07) is 6.69. The molecule has 2 atom stereocenters. The summed E-state index contributed by atoms with van der Waals surface area (Å²) in [5.74, 6) is -0.158. The molecular formula is C14H20N2O4S. The number of anilines is 1. The molecule has 116 valence electrons. The first-order valence-electron chi connectivity index (χ1n) is 6.85. The number of ether oxygens (including phenoxy) is 1. The average Bonchev–Trinajstić information content (AvgIpc) is 2.91. The molecule has 7 heteroatoms. The predicted molar refractivity (Wildman–Crippen MR) is 80.4 cm³/mol. The van der Waals surface area contributed by atoms with Crippen molar-refractivity contribution in [3.05, 3.63) is 29.8 Å². The van der Waals surface area contributed by atoms with Crippen molar-refractivity contribution in [1.29, 1.82) is 0 Å². The average molecular weight is 312 g/mol. The zero-order valence-corrected chi connectivity index (χ0v) is 12.9. The van der Waals surface area contributed by atoms with Gasteiger partial charge in [0.2, 0.25) is 15.9 Å². The highest BCUT2D eigenvalue weighted by Gasteiger charge is 2.25. The zero-order chi connectivity index (χ0) is 15.5. The molecular weight excluding hydrogens is 292 g/mol. The first-order valence-corrected chi connectivity index (χ1v) is 8.74. The Kier molecular flexibility index (Phi) is 4.84. The monoisotopic (exact) mass is 312 g/mol. The highest BCUT2D eigenvalue weighted by Crippen LogP contribution is 2.24. The van der Waals surface area contributed by atoms with Crippen molar-refractivity contribution < 1.29 is 17.9 Å². The van der Waals surface area contributed by atoms with E-state index in [1.807, 2.05) is 6.92 Å². The number of hydrogen-bond donors (Lipinski definition) is 2. The van der Waals surface area contributed by atoms with Gasteiger partial charge < -0.3 is 10.1 Å². The molecule has 0 bridgehead atoms. The van der Waals surface area contributed by atoms with E-state index in [-0.39, 0.29) is 11.9 Å². The molecule has 0 spiro atoms. The molecule has 1 aromatic rings. The predicted octanol–water partition coefficient (Wildman–Crippen LogP) is 1.41. The van der Waals surface area contributed by atoms with E-state index in [2.05, 4.69) is 10.0 Å². The summed E-state index contributed by atoms with van der Waals surface area (Å²) in [7, 11) is -3.36. The van der Waals surface area contributed by atoms with Gasteiger partial charge in [-0.3, -0.25) is 9.52 Å². The van der Waals surface area contributed by atoms with Crippen LogP contribution in [0.4, 0.5) is 5.69 Å². The van der Waals surface area contributed by atoms with Gasteiger partial charge >= 0.3 is 0 Å². The van der Waals surface area contributed by atoms with Gasteiger partial charge in [0.25, 0.3) is 0 Å². The molecule has 0 aromatic heterocycles. The lowest BCUT2D eigenvalue weighted by Gasteiger charge is -2.20. The van der Waals surface area contributed by atoms with Crippen molar-refractivity contribution in [2.45, 2.75) is 31.9 Å². The Bertz CT molecular complexity index is 609. The minimum absolute atomic E-state index is 0.158. The fraction of sp³-hybridized carbons (Fsp3) is 0.500. The lowest BCUT2D eigenvalue weighted by Crippen LogP contribution is -2.36. The van der Waals surface area contributed by atoms with E-state index in [4.69, 9.17) is 4.74 Å². The van der Waals surface area contributed by atoms with Crippen molar-refractivity contribution in [3.63, 3.8) is 0 Å². The SMILES string of the molecule is C[C@H](NC(=O)[C@H]1CCCO1)c1ccccc1NS(C)(=O)=O. The normalized spacial score (nSPS) is 20.0. The van der Waals surface area contributed by atoms with Gasteiger partial charge in [-0.05, 0) is 31.4 Å². The summed E-state index contributed by atoms with van der Waals surface area (Å²) in [5.41, 5.74) is 1.19. The van der Waals surface area contributed by atoms with Gasteiger partial charge in [0, 0.05) is 6.61 Å². The lowest BCUT2D eigenvalue weighted by molar-refractivity contribution is -0.130. The van der Waals surface area contributed by atoms with Gasteiger partial charge in [0.1, 0.15) is 6.10 Å².